The predicted molar refractivity (Wildman–Crippen MR) is 90.9 cm³/mol. The maximum atomic E-state index is 12.1. The van der Waals surface area contributed by atoms with Gasteiger partial charge in [-0.15, -0.1) is 0 Å². The molecule has 8 heteroatoms. The van der Waals surface area contributed by atoms with Crippen LogP contribution in [0.25, 0.3) is 0 Å². The van der Waals surface area contributed by atoms with Gasteiger partial charge >= 0.3 is 0 Å². The molecule has 2 aromatic carbocycles. The van der Waals surface area contributed by atoms with E-state index in [2.05, 4.69) is 26.6 Å². The molecule has 0 unspecified atom stereocenters. The predicted octanol–water partition coefficient (Wildman–Crippen LogP) is 3.48. The quantitative estimate of drug-likeness (QED) is 0.484. The Morgan fingerprint density at radius 3 is 2.45 bits per heavy atom. The van der Waals surface area contributed by atoms with Crippen LogP contribution in [0.3, 0.4) is 0 Å². The van der Waals surface area contributed by atoms with Crippen LogP contribution in [-0.4, -0.2) is 15.9 Å². The first-order valence-corrected chi connectivity index (χ1v) is 7.29. The van der Waals surface area contributed by atoms with E-state index in [-0.39, 0.29) is 16.4 Å². The van der Waals surface area contributed by atoms with Crippen molar-refractivity contribution in [2.45, 2.75) is 0 Å². The first-order chi connectivity index (χ1) is 10.5. The second-order valence-corrected chi connectivity index (χ2v) is 5.42. The minimum absolute atomic E-state index is 0.0510. The number of rotatable bonds is 3. The van der Waals surface area contributed by atoms with Crippen molar-refractivity contribution in [2.24, 2.45) is 0 Å². The highest BCUT2D eigenvalue weighted by Gasteiger charge is 2.19. The van der Waals surface area contributed by atoms with Gasteiger partial charge < -0.3 is 5.32 Å². The second kappa shape index (κ2) is 7.10. The molecule has 2 aromatic rings. The summed E-state index contributed by atoms with van der Waals surface area (Å²) >= 11 is 8.39. The lowest BCUT2D eigenvalue weighted by Gasteiger charge is -2.10. The van der Waals surface area contributed by atoms with Gasteiger partial charge in [-0.3, -0.25) is 20.2 Å². The molecule has 1 amide bonds. The van der Waals surface area contributed by atoms with Crippen molar-refractivity contribution in [2.75, 3.05) is 5.32 Å². The summed E-state index contributed by atoms with van der Waals surface area (Å²) in [5.74, 6) is -0.642. The van der Waals surface area contributed by atoms with Gasteiger partial charge in [0.05, 0.1) is 10.6 Å². The smallest absolute Gasteiger partial charge is 0.282 e. The van der Waals surface area contributed by atoms with Crippen LogP contribution >= 0.6 is 28.1 Å². The summed E-state index contributed by atoms with van der Waals surface area (Å²) in [5, 5.41) is 16.2. The summed E-state index contributed by atoms with van der Waals surface area (Å²) in [7, 11) is 0. The van der Waals surface area contributed by atoms with Gasteiger partial charge in [-0.25, -0.2) is 0 Å². The molecular weight excluding hydrogens is 370 g/mol. The van der Waals surface area contributed by atoms with Crippen LogP contribution in [0.2, 0.25) is 0 Å². The van der Waals surface area contributed by atoms with Gasteiger partial charge in [0.25, 0.3) is 11.6 Å². The lowest BCUT2D eigenvalue weighted by Crippen LogP contribution is -2.34. The molecule has 2 rings (SSSR count). The second-order valence-electron chi connectivity index (χ2n) is 4.16. The maximum Gasteiger partial charge on any atom is 0.282 e. The molecule has 0 saturated heterocycles. The summed E-state index contributed by atoms with van der Waals surface area (Å²) in [6, 6.07) is 12.9. The molecule has 0 heterocycles. The van der Waals surface area contributed by atoms with E-state index < -0.39 is 10.8 Å². The van der Waals surface area contributed by atoms with Crippen LogP contribution in [0.15, 0.2) is 53.0 Å². The van der Waals surface area contributed by atoms with Crippen molar-refractivity contribution in [3.63, 3.8) is 0 Å². The Balaban J connectivity index is 2.11. The van der Waals surface area contributed by atoms with Crippen LogP contribution in [-0.2, 0) is 0 Å². The van der Waals surface area contributed by atoms with Crippen LogP contribution in [0.1, 0.15) is 10.4 Å². The zero-order valence-corrected chi connectivity index (χ0v) is 13.5. The lowest BCUT2D eigenvalue weighted by molar-refractivity contribution is -0.385. The molecule has 0 atom stereocenters. The zero-order chi connectivity index (χ0) is 16.1. The number of carbonyl (C=O) groups is 1. The van der Waals surface area contributed by atoms with Gasteiger partial charge in [0, 0.05) is 10.5 Å². The number of halogens is 1. The van der Waals surface area contributed by atoms with E-state index in [0.717, 1.165) is 4.47 Å². The normalized spacial score (nSPS) is 9.86. The molecule has 0 aromatic heterocycles. The Morgan fingerprint density at radius 1 is 1.14 bits per heavy atom. The summed E-state index contributed by atoms with van der Waals surface area (Å²) in [4.78, 5) is 22.4. The number of nitrogens with zero attached hydrogens (tertiary/aromatic N) is 1. The molecule has 0 aliphatic carbocycles. The molecule has 0 saturated carbocycles. The number of nitrogens with one attached hydrogen (secondary N) is 2. The number of benzene rings is 2. The van der Waals surface area contributed by atoms with Gasteiger partial charge in [-0.1, -0.05) is 24.3 Å². The van der Waals surface area contributed by atoms with E-state index in [1.165, 1.54) is 18.2 Å². The number of hydrogen-bond acceptors (Lipinski definition) is 4. The number of para-hydroxylation sites is 2. The van der Waals surface area contributed by atoms with E-state index >= 15 is 0 Å². The molecular formula is C14H10BrN3O3S. The van der Waals surface area contributed by atoms with E-state index in [1.807, 2.05) is 12.1 Å². The molecule has 6 nitrogen and oxygen atoms in total. The largest absolute Gasteiger partial charge is 0.331 e. The van der Waals surface area contributed by atoms with Gasteiger partial charge in [0.1, 0.15) is 5.56 Å². The molecule has 0 radical (unpaired) electrons. The third-order valence-electron chi connectivity index (χ3n) is 2.69. The number of carbonyl (C=O) groups excluding carboxylic acids is 1. The minimum atomic E-state index is -0.642. The fourth-order valence-electron chi connectivity index (χ4n) is 1.71. The SMILES string of the molecule is O=C(NC(=S)Nc1ccccc1Br)c1ccccc1[N+](=O)[O-]. The average molecular weight is 380 g/mol. The van der Waals surface area contributed by atoms with Crippen molar-refractivity contribution in [1.29, 1.82) is 0 Å². The Kier molecular flexibility index (Phi) is 5.18. The van der Waals surface area contributed by atoms with Crippen molar-refractivity contribution in [3.05, 3.63) is 68.7 Å². The van der Waals surface area contributed by atoms with Crippen LogP contribution in [0.5, 0.6) is 0 Å². The van der Waals surface area contributed by atoms with Crippen LogP contribution in [0.4, 0.5) is 11.4 Å². The van der Waals surface area contributed by atoms with E-state index in [4.69, 9.17) is 12.2 Å². The Labute approximate surface area is 139 Å². The summed E-state index contributed by atoms with van der Waals surface area (Å²) in [5.41, 5.74) is 0.350. The summed E-state index contributed by atoms with van der Waals surface area (Å²) in [6.45, 7) is 0. The first kappa shape index (κ1) is 16.1. The molecule has 0 fully saturated rings. The Hall–Kier alpha value is -2.32. The standard InChI is InChI=1S/C14H10BrN3O3S/c15-10-6-2-3-7-11(10)16-14(22)17-13(19)9-5-1-4-8-12(9)18(20)21/h1-8H,(H2,16,17,19,22). The fourth-order valence-corrected chi connectivity index (χ4v) is 2.30. The monoisotopic (exact) mass is 379 g/mol. The van der Waals surface area contributed by atoms with Gasteiger partial charge in [0.15, 0.2) is 5.11 Å². The first-order valence-electron chi connectivity index (χ1n) is 6.09. The summed E-state index contributed by atoms with van der Waals surface area (Å²) < 4.78 is 0.775. The van der Waals surface area contributed by atoms with E-state index in [1.54, 1.807) is 18.2 Å². The topological polar surface area (TPSA) is 84.3 Å². The van der Waals surface area contributed by atoms with Crippen LogP contribution < -0.4 is 10.6 Å². The van der Waals surface area contributed by atoms with Crippen molar-refractivity contribution >= 4 is 50.5 Å². The third-order valence-corrected chi connectivity index (χ3v) is 3.59. The molecule has 22 heavy (non-hydrogen) atoms. The lowest BCUT2D eigenvalue weighted by atomic mass is 10.1. The van der Waals surface area contributed by atoms with Crippen molar-refractivity contribution in [3.8, 4) is 0 Å². The number of nitro groups is 1. The van der Waals surface area contributed by atoms with Gasteiger partial charge in [-0.2, -0.15) is 0 Å². The minimum Gasteiger partial charge on any atom is -0.331 e. The highest BCUT2D eigenvalue weighted by atomic mass is 79.9. The van der Waals surface area contributed by atoms with Crippen molar-refractivity contribution < 1.29 is 9.72 Å². The number of amides is 1. The molecule has 0 bridgehead atoms. The average Bonchev–Trinajstić information content (AvgIpc) is 2.49. The Bertz CT molecular complexity index is 752. The van der Waals surface area contributed by atoms with E-state index in [0.29, 0.717) is 5.69 Å². The maximum absolute atomic E-state index is 12.1. The van der Waals surface area contributed by atoms with Crippen LogP contribution in [0, 0.1) is 10.1 Å². The van der Waals surface area contributed by atoms with E-state index in [9.17, 15) is 14.9 Å². The van der Waals surface area contributed by atoms with Gasteiger partial charge in [0.2, 0.25) is 0 Å². The highest BCUT2D eigenvalue weighted by Crippen LogP contribution is 2.21. The number of nitro benzene ring substituents is 1. The zero-order valence-electron chi connectivity index (χ0n) is 11.1. The molecule has 0 aliphatic rings. The third kappa shape index (κ3) is 3.86. The summed E-state index contributed by atoms with van der Waals surface area (Å²) in [6.07, 6.45) is 0. The van der Waals surface area contributed by atoms with Crippen molar-refractivity contribution in [1.82, 2.24) is 5.32 Å². The highest BCUT2D eigenvalue weighted by molar-refractivity contribution is 9.10. The fraction of sp³-hybridized carbons (Fsp3) is 0. The Morgan fingerprint density at radius 2 is 1.77 bits per heavy atom. The number of hydrogen-bond donors (Lipinski definition) is 2. The van der Waals surface area contributed by atoms with Gasteiger partial charge in [-0.05, 0) is 46.3 Å². The molecule has 0 spiro atoms. The molecule has 0 aliphatic heterocycles. The molecule has 2 N–H and O–H groups in total. The number of anilines is 1. The number of thiocarbonyl (C=S) groups is 1. The molecule has 112 valence electrons.